The van der Waals surface area contributed by atoms with E-state index in [1.165, 1.54) is 135 Å². The Labute approximate surface area is 398 Å². The summed E-state index contributed by atoms with van der Waals surface area (Å²) in [6.45, 7) is 2.72. The van der Waals surface area contributed by atoms with Crippen LogP contribution in [0.3, 0.4) is 0 Å². The Morgan fingerprint density at radius 1 is 0.530 bits per heavy atom. The molecule has 1 amide bonds. The van der Waals surface area contributed by atoms with E-state index < -0.39 is 86.8 Å². The molecule has 2 heterocycles. The van der Waals surface area contributed by atoms with Crippen molar-refractivity contribution in [2.24, 2.45) is 0 Å². The Kier molecular flexibility index (Phi) is 36.0. The summed E-state index contributed by atoms with van der Waals surface area (Å²) in [6.07, 6.45) is 27.0. The smallest absolute Gasteiger partial charge is 0.220 e. The molecule has 0 aromatic carbocycles. The van der Waals surface area contributed by atoms with E-state index in [1.54, 1.807) is 6.08 Å². The Morgan fingerprint density at radius 3 is 1.48 bits per heavy atom. The van der Waals surface area contributed by atoms with Gasteiger partial charge in [0.2, 0.25) is 5.91 Å². The molecule has 14 heteroatoms. The van der Waals surface area contributed by atoms with Crippen molar-refractivity contribution in [3.05, 3.63) is 24.3 Å². The van der Waals surface area contributed by atoms with Crippen LogP contribution in [0.1, 0.15) is 206 Å². The van der Waals surface area contributed by atoms with Crippen molar-refractivity contribution in [2.75, 3.05) is 19.8 Å². The van der Waals surface area contributed by atoms with Gasteiger partial charge in [0.1, 0.15) is 48.8 Å². The number of hydrogen-bond acceptors (Lipinski definition) is 13. The molecule has 388 valence electrons. The zero-order valence-corrected chi connectivity index (χ0v) is 41.2. The van der Waals surface area contributed by atoms with Crippen LogP contribution in [0.5, 0.6) is 0 Å². The van der Waals surface area contributed by atoms with Gasteiger partial charge in [-0.1, -0.05) is 192 Å². The van der Waals surface area contributed by atoms with Crippen LogP contribution in [-0.4, -0.2) is 140 Å². The average Bonchev–Trinajstić information content (AvgIpc) is 3.31. The highest BCUT2D eigenvalue weighted by molar-refractivity contribution is 5.76. The molecular weight excluding hydrogens is 847 g/mol. The standard InChI is InChI=1S/C52H97NO13/c1-3-5-7-9-11-12-13-14-15-16-17-18-19-20-21-22-23-24-25-26-27-28-30-31-33-35-41(56)40(53-44(57)36-34-32-29-10-8-6-4-2)39-63-51-49(62)47(60)50(43(38-55)65-51)66-52-48(61)46(59)45(58)42(37-54)64-52/h27-28,33,35,40-43,45-52,54-56,58-62H,3-26,29-32,34,36-39H2,1-2H3,(H,53,57)/b28-27+,35-33+. The summed E-state index contributed by atoms with van der Waals surface area (Å²) in [4.78, 5) is 13.0. The monoisotopic (exact) mass is 944 g/mol. The zero-order valence-electron chi connectivity index (χ0n) is 41.2. The van der Waals surface area contributed by atoms with E-state index in [4.69, 9.17) is 18.9 Å². The lowest BCUT2D eigenvalue weighted by molar-refractivity contribution is -0.359. The molecule has 2 aliphatic rings. The number of carbonyl (C=O) groups excluding carboxylic acids is 1. The first-order valence-electron chi connectivity index (χ1n) is 26.6. The lowest BCUT2D eigenvalue weighted by Gasteiger charge is -2.46. The molecular formula is C52H97NO13. The highest BCUT2D eigenvalue weighted by atomic mass is 16.7. The van der Waals surface area contributed by atoms with Crippen LogP contribution in [0, 0.1) is 0 Å². The minimum atomic E-state index is -1.79. The van der Waals surface area contributed by atoms with Crippen LogP contribution in [0.2, 0.25) is 0 Å². The number of nitrogens with one attached hydrogen (secondary N) is 1. The third-order valence-electron chi connectivity index (χ3n) is 13.1. The summed E-state index contributed by atoms with van der Waals surface area (Å²) in [6, 6.07) is -0.924. The fourth-order valence-electron chi connectivity index (χ4n) is 8.78. The third-order valence-corrected chi connectivity index (χ3v) is 13.1. The fourth-order valence-corrected chi connectivity index (χ4v) is 8.78. The number of aliphatic hydroxyl groups is 8. The van der Waals surface area contributed by atoms with E-state index in [0.29, 0.717) is 12.8 Å². The largest absolute Gasteiger partial charge is 0.394 e. The van der Waals surface area contributed by atoms with Crippen LogP contribution in [-0.2, 0) is 23.7 Å². The lowest BCUT2D eigenvalue weighted by Crippen LogP contribution is -2.65. The first kappa shape index (κ1) is 60.6. The van der Waals surface area contributed by atoms with E-state index in [9.17, 15) is 45.6 Å². The first-order valence-corrected chi connectivity index (χ1v) is 26.6. The summed E-state index contributed by atoms with van der Waals surface area (Å²) in [7, 11) is 0. The normalized spacial score (nSPS) is 26.9. The van der Waals surface area contributed by atoms with E-state index in [2.05, 4.69) is 31.3 Å². The molecule has 12 unspecified atom stereocenters. The molecule has 0 aromatic rings. The molecule has 2 fully saturated rings. The SMILES string of the molecule is CCCCCCCCCCCCCCCCCCCCC/C=C/CC/C=C/C(O)C(COC1OC(CO)C(OC2OC(CO)C(O)C(O)C2O)C(O)C1O)NC(=O)CCCCCCCCC. The molecule has 0 radical (unpaired) electrons. The zero-order chi connectivity index (χ0) is 48.2. The predicted octanol–water partition coefficient (Wildman–Crippen LogP) is 7.33. The van der Waals surface area contributed by atoms with Crippen molar-refractivity contribution >= 4 is 5.91 Å². The van der Waals surface area contributed by atoms with Crippen molar-refractivity contribution in [3.63, 3.8) is 0 Å². The van der Waals surface area contributed by atoms with Gasteiger partial charge >= 0.3 is 0 Å². The molecule has 0 saturated carbocycles. The maximum Gasteiger partial charge on any atom is 0.220 e. The molecule has 2 rings (SSSR count). The molecule has 0 aliphatic carbocycles. The van der Waals surface area contributed by atoms with Gasteiger partial charge in [-0.3, -0.25) is 4.79 Å². The molecule has 66 heavy (non-hydrogen) atoms. The van der Waals surface area contributed by atoms with Crippen molar-refractivity contribution in [2.45, 2.75) is 280 Å². The molecule has 14 nitrogen and oxygen atoms in total. The average molecular weight is 944 g/mol. The van der Waals surface area contributed by atoms with Gasteiger partial charge < -0.3 is 65.1 Å². The van der Waals surface area contributed by atoms with Gasteiger partial charge in [0.05, 0.1) is 32.0 Å². The Bertz CT molecular complexity index is 1210. The Hall–Kier alpha value is -1.53. The second-order valence-corrected chi connectivity index (χ2v) is 19.0. The summed E-state index contributed by atoms with van der Waals surface area (Å²) in [5.41, 5.74) is 0. The van der Waals surface area contributed by atoms with Gasteiger partial charge in [-0.2, -0.15) is 0 Å². The molecule has 0 aromatic heterocycles. The van der Waals surface area contributed by atoms with Gasteiger partial charge in [0.15, 0.2) is 12.6 Å². The van der Waals surface area contributed by atoms with Crippen LogP contribution in [0.4, 0.5) is 0 Å². The lowest BCUT2D eigenvalue weighted by atomic mass is 9.97. The number of carbonyl (C=O) groups is 1. The number of unbranched alkanes of at least 4 members (excludes halogenated alkanes) is 26. The minimum Gasteiger partial charge on any atom is -0.394 e. The van der Waals surface area contributed by atoms with Crippen molar-refractivity contribution in [1.82, 2.24) is 5.32 Å². The highest BCUT2D eigenvalue weighted by Crippen LogP contribution is 2.30. The van der Waals surface area contributed by atoms with E-state index in [-0.39, 0.29) is 18.9 Å². The second-order valence-electron chi connectivity index (χ2n) is 19.0. The van der Waals surface area contributed by atoms with Crippen LogP contribution in [0.15, 0.2) is 24.3 Å². The number of aliphatic hydroxyl groups excluding tert-OH is 8. The molecule has 9 N–H and O–H groups in total. The van der Waals surface area contributed by atoms with Gasteiger partial charge in [-0.05, 0) is 32.1 Å². The maximum absolute atomic E-state index is 13.0. The first-order chi connectivity index (χ1) is 32.1. The summed E-state index contributed by atoms with van der Waals surface area (Å²) < 4.78 is 22.6. The topological polar surface area (TPSA) is 228 Å². The van der Waals surface area contributed by atoms with Crippen molar-refractivity contribution in [1.29, 1.82) is 0 Å². The number of rotatable bonds is 41. The quantitative estimate of drug-likeness (QED) is 0.0216. The Balaban J connectivity index is 1.74. The summed E-state index contributed by atoms with van der Waals surface area (Å²) >= 11 is 0. The number of amides is 1. The molecule has 2 saturated heterocycles. The van der Waals surface area contributed by atoms with Crippen LogP contribution in [0.25, 0.3) is 0 Å². The number of allylic oxidation sites excluding steroid dienone is 3. The van der Waals surface area contributed by atoms with E-state index in [0.717, 1.165) is 38.5 Å². The summed E-state index contributed by atoms with van der Waals surface area (Å²) in [5, 5.41) is 86.5. The maximum atomic E-state index is 13.0. The van der Waals surface area contributed by atoms with Gasteiger partial charge in [-0.15, -0.1) is 0 Å². The van der Waals surface area contributed by atoms with Crippen LogP contribution >= 0.6 is 0 Å². The van der Waals surface area contributed by atoms with Gasteiger partial charge in [0, 0.05) is 6.42 Å². The molecule has 2 aliphatic heterocycles. The molecule has 12 atom stereocenters. The number of ether oxygens (including phenoxy) is 4. The summed E-state index contributed by atoms with van der Waals surface area (Å²) in [5.74, 6) is -0.256. The second kappa shape index (κ2) is 39.2. The van der Waals surface area contributed by atoms with Crippen molar-refractivity contribution in [3.8, 4) is 0 Å². The molecule has 0 spiro atoms. The predicted molar refractivity (Wildman–Crippen MR) is 258 cm³/mol. The highest BCUT2D eigenvalue weighted by Gasteiger charge is 2.51. The number of hydrogen-bond donors (Lipinski definition) is 9. The van der Waals surface area contributed by atoms with Gasteiger partial charge in [-0.25, -0.2) is 0 Å². The van der Waals surface area contributed by atoms with E-state index in [1.807, 2.05) is 6.08 Å². The van der Waals surface area contributed by atoms with Crippen molar-refractivity contribution < 1.29 is 64.6 Å². The minimum absolute atomic E-state index is 0.256. The molecule has 0 bridgehead atoms. The van der Waals surface area contributed by atoms with Gasteiger partial charge in [0.25, 0.3) is 0 Å². The third kappa shape index (κ3) is 25.9. The Morgan fingerprint density at radius 2 is 0.970 bits per heavy atom. The van der Waals surface area contributed by atoms with E-state index >= 15 is 0 Å². The van der Waals surface area contributed by atoms with Crippen LogP contribution < -0.4 is 5.32 Å². The fraction of sp³-hybridized carbons (Fsp3) is 0.904.